The van der Waals surface area contributed by atoms with Crippen LogP contribution in [0.1, 0.15) is 22.4 Å². The van der Waals surface area contributed by atoms with Crippen LogP contribution in [-0.2, 0) is 6.88 Å². The minimum absolute atomic E-state index is 0.351. The highest BCUT2D eigenvalue weighted by Crippen LogP contribution is 2.44. The SMILES string of the molecule is CCOC(=O)c1nc(C(Br)(Br)Br)cs1. The first kappa shape index (κ1) is 12.6. The van der Waals surface area contributed by atoms with Gasteiger partial charge in [-0.2, -0.15) is 0 Å². The predicted molar refractivity (Wildman–Crippen MR) is 66.5 cm³/mol. The van der Waals surface area contributed by atoms with Crippen LogP contribution in [0.25, 0.3) is 0 Å². The molecule has 0 fully saturated rings. The molecule has 7 heteroatoms. The Labute approximate surface area is 111 Å². The molecule has 0 aliphatic rings. The number of carbonyl (C=O) groups excluding carboxylic acids is 1. The average molecular weight is 408 g/mol. The van der Waals surface area contributed by atoms with Crippen molar-refractivity contribution < 1.29 is 9.53 Å². The van der Waals surface area contributed by atoms with Gasteiger partial charge in [-0.1, -0.05) is 47.8 Å². The molecule has 0 radical (unpaired) electrons. The van der Waals surface area contributed by atoms with Gasteiger partial charge in [0.05, 0.1) is 12.3 Å². The average Bonchev–Trinajstić information content (AvgIpc) is 2.51. The predicted octanol–water partition coefficient (Wildman–Crippen LogP) is 3.61. The van der Waals surface area contributed by atoms with Crippen molar-refractivity contribution in [1.29, 1.82) is 0 Å². The number of rotatable bonds is 2. The van der Waals surface area contributed by atoms with Crippen molar-refractivity contribution in [1.82, 2.24) is 4.98 Å². The number of carbonyl (C=O) groups is 1. The maximum absolute atomic E-state index is 11.3. The fourth-order valence-corrected chi connectivity index (χ4v) is 2.51. The third-order valence-electron chi connectivity index (χ3n) is 1.24. The summed E-state index contributed by atoms with van der Waals surface area (Å²) in [6.07, 6.45) is 0. The molecule has 1 rings (SSSR count). The summed E-state index contributed by atoms with van der Waals surface area (Å²) in [6.45, 7) is 2.12. The van der Waals surface area contributed by atoms with Crippen LogP contribution in [0.15, 0.2) is 5.38 Å². The summed E-state index contributed by atoms with van der Waals surface area (Å²) in [5.74, 6) is -0.388. The van der Waals surface area contributed by atoms with Crippen LogP contribution in [0.4, 0.5) is 0 Å². The zero-order valence-corrected chi connectivity index (χ0v) is 12.7. The van der Waals surface area contributed by atoms with Crippen molar-refractivity contribution in [2.24, 2.45) is 0 Å². The van der Waals surface area contributed by atoms with E-state index in [1.165, 1.54) is 11.3 Å². The van der Waals surface area contributed by atoms with Crippen LogP contribution < -0.4 is 0 Å². The first-order chi connectivity index (χ1) is 6.45. The van der Waals surface area contributed by atoms with Gasteiger partial charge >= 0.3 is 5.97 Å². The summed E-state index contributed by atoms with van der Waals surface area (Å²) in [5.41, 5.74) is 0.686. The summed E-state index contributed by atoms with van der Waals surface area (Å²) in [6, 6.07) is 0. The molecule has 0 N–H and O–H groups in total. The van der Waals surface area contributed by atoms with Crippen LogP contribution in [0.5, 0.6) is 0 Å². The lowest BCUT2D eigenvalue weighted by atomic mass is 10.6. The van der Waals surface area contributed by atoms with E-state index in [2.05, 4.69) is 52.8 Å². The van der Waals surface area contributed by atoms with Gasteiger partial charge in [-0.15, -0.1) is 11.3 Å². The molecule has 0 saturated carbocycles. The lowest BCUT2D eigenvalue weighted by Crippen LogP contribution is -2.05. The van der Waals surface area contributed by atoms with Crippen LogP contribution in [-0.4, -0.2) is 17.6 Å². The van der Waals surface area contributed by atoms with Gasteiger partial charge in [-0.25, -0.2) is 9.78 Å². The smallest absolute Gasteiger partial charge is 0.367 e. The maximum Gasteiger partial charge on any atom is 0.367 e. The summed E-state index contributed by atoms with van der Waals surface area (Å²) >= 11 is 11.2. The zero-order chi connectivity index (χ0) is 10.8. The summed E-state index contributed by atoms with van der Waals surface area (Å²) in [7, 11) is 0. The normalized spacial score (nSPS) is 11.4. The Hall–Kier alpha value is 0.540. The van der Waals surface area contributed by atoms with Crippen LogP contribution >= 0.6 is 59.1 Å². The Morgan fingerprint density at radius 1 is 1.64 bits per heavy atom. The van der Waals surface area contributed by atoms with E-state index in [9.17, 15) is 4.79 Å². The number of thiazole rings is 1. The molecule has 0 aliphatic heterocycles. The first-order valence-electron chi connectivity index (χ1n) is 3.65. The molecule has 1 aromatic rings. The molecule has 14 heavy (non-hydrogen) atoms. The Morgan fingerprint density at radius 3 is 2.71 bits per heavy atom. The van der Waals surface area contributed by atoms with Crippen LogP contribution in [0.2, 0.25) is 0 Å². The topological polar surface area (TPSA) is 39.2 Å². The van der Waals surface area contributed by atoms with Crippen molar-refractivity contribution in [3.8, 4) is 0 Å². The molecule has 78 valence electrons. The quantitative estimate of drug-likeness (QED) is 0.555. The molecule has 0 spiro atoms. The van der Waals surface area contributed by atoms with Gasteiger partial charge in [0.25, 0.3) is 0 Å². The summed E-state index contributed by atoms with van der Waals surface area (Å²) in [4.78, 5) is 15.4. The zero-order valence-electron chi connectivity index (χ0n) is 7.09. The van der Waals surface area contributed by atoms with Gasteiger partial charge in [-0.3, -0.25) is 0 Å². The van der Waals surface area contributed by atoms with E-state index in [0.29, 0.717) is 17.3 Å². The van der Waals surface area contributed by atoms with Crippen molar-refractivity contribution in [2.45, 2.75) is 9.07 Å². The van der Waals surface area contributed by atoms with Gasteiger partial charge in [0, 0.05) is 5.38 Å². The second-order valence-corrected chi connectivity index (χ2v) is 9.88. The fourth-order valence-electron chi connectivity index (χ4n) is 0.691. The Morgan fingerprint density at radius 2 is 2.29 bits per heavy atom. The number of aromatic nitrogens is 1. The van der Waals surface area contributed by atoms with Crippen molar-refractivity contribution >= 4 is 65.1 Å². The second-order valence-electron chi connectivity index (χ2n) is 2.26. The fraction of sp³-hybridized carbons (Fsp3) is 0.429. The monoisotopic (exact) mass is 405 g/mol. The summed E-state index contributed by atoms with van der Waals surface area (Å²) in [5, 5.41) is 2.12. The van der Waals surface area contributed by atoms with E-state index in [1.54, 1.807) is 12.3 Å². The lowest BCUT2D eigenvalue weighted by molar-refractivity contribution is 0.0526. The molecule has 0 amide bonds. The van der Waals surface area contributed by atoms with E-state index in [-0.39, 0.29) is 5.97 Å². The molecular formula is C7H6Br3NO2S. The summed E-state index contributed by atoms with van der Waals surface area (Å²) < 4.78 is 4.24. The number of hydrogen-bond acceptors (Lipinski definition) is 4. The molecule has 1 heterocycles. The van der Waals surface area contributed by atoms with E-state index in [1.807, 2.05) is 0 Å². The highest BCUT2D eigenvalue weighted by molar-refractivity contribution is 9.38. The molecule has 0 unspecified atom stereocenters. The third-order valence-corrected chi connectivity index (χ3v) is 3.29. The largest absolute Gasteiger partial charge is 0.461 e. The number of hydrogen-bond donors (Lipinski definition) is 0. The minimum Gasteiger partial charge on any atom is -0.461 e. The highest BCUT2D eigenvalue weighted by Gasteiger charge is 2.25. The van der Waals surface area contributed by atoms with Crippen LogP contribution in [0.3, 0.4) is 0 Å². The molecule has 0 aliphatic carbocycles. The van der Waals surface area contributed by atoms with Crippen molar-refractivity contribution in [3.63, 3.8) is 0 Å². The van der Waals surface area contributed by atoms with Crippen molar-refractivity contribution in [2.75, 3.05) is 6.61 Å². The van der Waals surface area contributed by atoms with Crippen molar-refractivity contribution in [3.05, 3.63) is 16.1 Å². The number of nitrogens with zero attached hydrogens (tertiary/aromatic N) is 1. The van der Waals surface area contributed by atoms with Gasteiger partial charge in [0.1, 0.15) is 0 Å². The number of esters is 1. The van der Waals surface area contributed by atoms with Gasteiger partial charge in [0.15, 0.2) is 2.14 Å². The second kappa shape index (κ2) is 5.05. The number of halogens is 3. The Bertz CT molecular complexity index is 334. The lowest BCUT2D eigenvalue weighted by Gasteiger charge is -2.06. The van der Waals surface area contributed by atoms with Gasteiger partial charge in [-0.05, 0) is 6.92 Å². The van der Waals surface area contributed by atoms with E-state index in [0.717, 1.165) is 0 Å². The highest BCUT2D eigenvalue weighted by atomic mass is 80.0. The molecule has 1 aromatic heterocycles. The first-order valence-corrected chi connectivity index (χ1v) is 6.91. The van der Waals surface area contributed by atoms with Crippen LogP contribution in [0, 0.1) is 0 Å². The van der Waals surface area contributed by atoms with E-state index < -0.39 is 2.14 Å². The Kier molecular flexibility index (Phi) is 4.55. The van der Waals surface area contributed by atoms with Gasteiger partial charge < -0.3 is 4.74 Å². The molecule has 3 nitrogen and oxygen atoms in total. The minimum atomic E-state index is -0.575. The maximum atomic E-state index is 11.3. The molecule has 0 bridgehead atoms. The molecular weight excluding hydrogens is 402 g/mol. The molecule has 0 atom stereocenters. The standard InChI is InChI=1S/C7H6Br3NO2S/c1-2-13-6(12)5-11-4(3-14-5)7(8,9)10/h3H,2H2,1H3. The Balaban J connectivity index is 2.83. The number of alkyl halides is 3. The molecule has 0 aromatic carbocycles. The van der Waals surface area contributed by atoms with Gasteiger partial charge in [0.2, 0.25) is 5.01 Å². The van der Waals surface area contributed by atoms with E-state index in [4.69, 9.17) is 4.74 Å². The molecule has 0 saturated heterocycles. The number of ether oxygens (including phenoxy) is 1. The third kappa shape index (κ3) is 3.29. The van der Waals surface area contributed by atoms with E-state index >= 15 is 0 Å².